The molecule has 1 saturated carbocycles. The molecule has 1 heterocycles. The molecule has 0 amide bonds. The van der Waals surface area contributed by atoms with Crippen molar-refractivity contribution in [2.45, 2.75) is 32.6 Å². The van der Waals surface area contributed by atoms with Gasteiger partial charge in [0.05, 0.1) is 0 Å². The zero-order chi connectivity index (χ0) is 14.0. The number of hydrogen-bond acceptors (Lipinski definition) is 2. The smallest absolute Gasteiger partial charge is 0.133 e. The molecular formula is C18H22N2. The van der Waals surface area contributed by atoms with Crippen LogP contribution in [0.25, 0.3) is 10.8 Å². The Hall–Kier alpha value is -1.83. The summed E-state index contributed by atoms with van der Waals surface area (Å²) in [5.74, 6) is 0.996. The number of hydrogen-bond donors (Lipinski definition) is 1. The third-order valence-electron chi connectivity index (χ3n) is 4.73. The van der Waals surface area contributed by atoms with E-state index in [0.29, 0.717) is 0 Å². The van der Waals surface area contributed by atoms with E-state index >= 15 is 0 Å². The molecule has 1 aliphatic carbocycles. The third-order valence-corrected chi connectivity index (χ3v) is 4.73. The number of pyridine rings is 1. The lowest BCUT2D eigenvalue weighted by atomic mass is 9.80. The fraction of sp³-hybridized carbons (Fsp3) is 0.389. The molecule has 1 N–H and O–H groups in total. The van der Waals surface area contributed by atoms with Gasteiger partial charge < -0.3 is 5.32 Å². The van der Waals surface area contributed by atoms with Crippen LogP contribution in [0.15, 0.2) is 48.7 Å². The van der Waals surface area contributed by atoms with Crippen LogP contribution >= 0.6 is 0 Å². The van der Waals surface area contributed by atoms with E-state index in [2.05, 4.69) is 54.1 Å². The molecule has 3 rings (SSSR count). The Labute approximate surface area is 120 Å². The minimum Gasteiger partial charge on any atom is -0.369 e. The van der Waals surface area contributed by atoms with E-state index in [-0.39, 0.29) is 5.41 Å². The van der Waals surface area contributed by atoms with Crippen LogP contribution in [0.5, 0.6) is 0 Å². The Morgan fingerprint density at radius 3 is 2.75 bits per heavy atom. The van der Waals surface area contributed by atoms with Crippen LogP contribution in [0, 0.1) is 5.41 Å². The Bertz CT molecular complexity index is 619. The second-order valence-corrected chi connectivity index (χ2v) is 6.00. The van der Waals surface area contributed by atoms with Crippen LogP contribution in [0.2, 0.25) is 0 Å². The van der Waals surface area contributed by atoms with Crippen molar-refractivity contribution in [2.75, 3.05) is 11.9 Å². The number of anilines is 1. The van der Waals surface area contributed by atoms with Crippen molar-refractivity contribution in [3.05, 3.63) is 48.7 Å². The molecule has 0 unspecified atom stereocenters. The SMILES string of the molecule is C=C(C)C1(CNc2nccc3ccccc23)CCCC1. The molecule has 2 aromatic rings. The molecule has 104 valence electrons. The zero-order valence-corrected chi connectivity index (χ0v) is 12.2. The normalized spacial score (nSPS) is 17.2. The number of fused-ring (bicyclic) bond motifs is 1. The summed E-state index contributed by atoms with van der Waals surface area (Å²) in [5, 5.41) is 6.02. The van der Waals surface area contributed by atoms with E-state index in [9.17, 15) is 0 Å². The van der Waals surface area contributed by atoms with E-state index in [4.69, 9.17) is 0 Å². The van der Waals surface area contributed by atoms with Crippen molar-refractivity contribution in [3.63, 3.8) is 0 Å². The predicted octanol–water partition coefficient (Wildman–Crippen LogP) is 4.78. The van der Waals surface area contributed by atoms with Crippen LogP contribution in [-0.2, 0) is 0 Å². The van der Waals surface area contributed by atoms with Gasteiger partial charge in [0, 0.05) is 23.5 Å². The van der Waals surface area contributed by atoms with Gasteiger partial charge in [-0.2, -0.15) is 0 Å². The summed E-state index contributed by atoms with van der Waals surface area (Å²) in [6.07, 6.45) is 7.02. The molecular weight excluding hydrogens is 244 g/mol. The first-order valence-electron chi connectivity index (χ1n) is 7.45. The lowest BCUT2D eigenvalue weighted by Crippen LogP contribution is -2.28. The van der Waals surface area contributed by atoms with Crippen molar-refractivity contribution in [3.8, 4) is 0 Å². The van der Waals surface area contributed by atoms with Crippen LogP contribution < -0.4 is 5.32 Å². The van der Waals surface area contributed by atoms with E-state index in [1.165, 1.54) is 42.0 Å². The highest BCUT2D eigenvalue weighted by Gasteiger charge is 2.34. The summed E-state index contributed by atoms with van der Waals surface area (Å²) in [5.41, 5.74) is 1.57. The van der Waals surface area contributed by atoms with E-state index in [1.54, 1.807) is 0 Å². The monoisotopic (exact) mass is 266 g/mol. The van der Waals surface area contributed by atoms with Gasteiger partial charge in [0.15, 0.2) is 0 Å². The Morgan fingerprint density at radius 2 is 2.00 bits per heavy atom. The van der Waals surface area contributed by atoms with E-state index < -0.39 is 0 Å². The van der Waals surface area contributed by atoms with Crippen LogP contribution in [-0.4, -0.2) is 11.5 Å². The molecule has 0 radical (unpaired) electrons. The van der Waals surface area contributed by atoms with Crippen LogP contribution in [0.3, 0.4) is 0 Å². The molecule has 1 aromatic heterocycles. The lowest BCUT2D eigenvalue weighted by molar-refractivity contribution is 0.394. The first kappa shape index (κ1) is 13.2. The van der Waals surface area contributed by atoms with Gasteiger partial charge >= 0.3 is 0 Å². The number of nitrogens with one attached hydrogen (secondary N) is 1. The Morgan fingerprint density at radius 1 is 1.25 bits per heavy atom. The third kappa shape index (κ3) is 2.31. The molecule has 0 spiro atoms. The van der Waals surface area contributed by atoms with Crippen molar-refractivity contribution in [2.24, 2.45) is 5.41 Å². The van der Waals surface area contributed by atoms with Gasteiger partial charge in [-0.25, -0.2) is 4.98 Å². The highest BCUT2D eigenvalue weighted by atomic mass is 15.0. The summed E-state index contributed by atoms with van der Waals surface area (Å²) >= 11 is 0. The minimum absolute atomic E-state index is 0.263. The van der Waals surface area contributed by atoms with Gasteiger partial charge in [-0.05, 0) is 31.2 Å². The van der Waals surface area contributed by atoms with E-state index in [1.807, 2.05) is 6.20 Å². The first-order chi connectivity index (χ1) is 9.71. The highest BCUT2D eigenvalue weighted by Crippen LogP contribution is 2.43. The molecule has 2 heteroatoms. The van der Waals surface area contributed by atoms with Crippen molar-refractivity contribution in [1.82, 2.24) is 4.98 Å². The predicted molar refractivity (Wildman–Crippen MR) is 85.9 cm³/mol. The maximum atomic E-state index is 4.52. The quantitative estimate of drug-likeness (QED) is 0.805. The standard InChI is InChI=1S/C18H22N2/c1-14(2)18(10-5-6-11-18)13-20-17-16-8-4-3-7-15(16)9-12-19-17/h3-4,7-9,12H,1,5-6,10-11,13H2,2H3,(H,19,20). The second kappa shape index (κ2) is 5.28. The molecule has 0 saturated heterocycles. The van der Waals surface area contributed by atoms with Gasteiger partial charge in [0.2, 0.25) is 0 Å². The van der Waals surface area contributed by atoms with Crippen molar-refractivity contribution < 1.29 is 0 Å². The van der Waals surface area contributed by atoms with Crippen LogP contribution in [0.4, 0.5) is 5.82 Å². The largest absolute Gasteiger partial charge is 0.369 e. The average molecular weight is 266 g/mol. The fourth-order valence-electron chi connectivity index (χ4n) is 3.32. The highest BCUT2D eigenvalue weighted by molar-refractivity contribution is 5.91. The van der Waals surface area contributed by atoms with Gasteiger partial charge in [-0.3, -0.25) is 0 Å². The number of aromatic nitrogens is 1. The van der Waals surface area contributed by atoms with Gasteiger partial charge in [-0.15, -0.1) is 0 Å². The topological polar surface area (TPSA) is 24.9 Å². The first-order valence-corrected chi connectivity index (χ1v) is 7.45. The maximum Gasteiger partial charge on any atom is 0.133 e. The summed E-state index contributed by atoms with van der Waals surface area (Å²) in [6.45, 7) is 7.34. The van der Waals surface area contributed by atoms with Gasteiger partial charge in [0.25, 0.3) is 0 Å². The Kier molecular flexibility index (Phi) is 3.47. The lowest BCUT2D eigenvalue weighted by Gasteiger charge is -2.30. The molecule has 1 aliphatic rings. The molecule has 20 heavy (non-hydrogen) atoms. The summed E-state index contributed by atoms with van der Waals surface area (Å²) in [4.78, 5) is 4.52. The Balaban J connectivity index is 1.85. The molecule has 0 aliphatic heterocycles. The summed E-state index contributed by atoms with van der Waals surface area (Å²) in [7, 11) is 0. The van der Waals surface area contributed by atoms with Crippen LogP contribution in [0.1, 0.15) is 32.6 Å². The maximum absolute atomic E-state index is 4.52. The van der Waals surface area contributed by atoms with Gasteiger partial charge in [-0.1, -0.05) is 49.3 Å². The molecule has 0 bridgehead atoms. The summed E-state index contributed by atoms with van der Waals surface area (Å²) in [6, 6.07) is 10.5. The number of rotatable bonds is 4. The number of nitrogens with zero attached hydrogens (tertiary/aromatic N) is 1. The molecule has 0 atom stereocenters. The number of benzene rings is 1. The average Bonchev–Trinajstić information content (AvgIpc) is 2.95. The fourth-order valence-corrected chi connectivity index (χ4v) is 3.32. The molecule has 1 aromatic carbocycles. The second-order valence-electron chi connectivity index (χ2n) is 6.00. The summed E-state index contributed by atoms with van der Waals surface area (Å²) < 4.78 is 0. The van der Waals surface area contributed by atoms with Crippen molar-refractivity contribution >= 4 is 16.6 Å². The molecule has 2 nitrogen and oxygen atoms in total. The molecule has 1 fully saturated rings. The van der Waals surface area contributed by atoms with Gasteiger partial charge in [0.1, 0.15) is 5.82 Å². The van der Waals surface area contributed by atoms with E-state index in [0.717, 1.165) is 12.4 Å². The minimum atomic E-state index is 0.263. The van der Waals surface area contributed by atoms with Crippen molar-refractivity contribution in [1.29, 1.82) is 0 Å². The zero-order valence-electron chi connectivity index (χ0n) is 12.2.